The predicted molar refractivity (Wildman–Crippen MR) is 128 cm³/mol. The van der Waals surface area contributed by atoms with Crippen LogP contribution in [0.25, 0.3) is 0 Å². The number of halogens is 1. The molecule has 0 unspecified atom stereocenters. The Morgan fingerprint density at radius 2 is 1.58 bits per heavy atom. The number of rotatable bonds is 3. The van der Waals surface area contributed by atoms with Crippen molar-refractivity contribution in [3.63, 3.8) is 0 Å². The molecule has 2 heterocycles. The molecule has 0 aromatic heterocycles. The largest absolute Gasteiger partial charge is 0.304 e. The third-order valence-corrected chi connectivity index (χ3v) is 8.50. The Kier molecular flexibility index (Phi) is 4.88. The summed E-state index contributed by atoms with van der Waals surface area (Å²) < 4.78 is 27.3. The number of carbonyl (C=O) groups is 2. The van der Waals surface area contributed by atoms with Gasteiger partial charge in [-0.3, -0.25) is 14.5 Å². The maximum atomic E-state index is 14.1. The number of aryl methyl sites for hydroxylation is 2. The number of amides is 2. The Bertz CT molecular complexity index is 1400. The van der Waals surface area contributed by atoms with Gasteiger partial charge in [-0.05, 0) is 60.9 Å². The number of carbonyl (C=O) groups excluding carboxylic acids is 2. The Morgan fingerprint density at radius 3 is 2.24 bits per heavy atom. The summed E-state index contributed by atoms with van der Waals surface area (Å²) >= 11 is 6.00. The summed E-state index contributed by atoms with van der Waals surface area (Å²) in [5.41, 5.74) is 3.71. The quantitative estimate of drug-likeness (QED) is 0.565. The molecule has 1 fully saturated rings. The normalized spacial score (nSPS) is 21.2. The SMILES string of the molecule is Cc1cc(C)cc(N2C(=O)CS(=O)(=O)[C@]23C(=O)N(Cc2ccc(Cl)cc2)c2ccccc23)c1. The van der Waals surface area contributed by atoms with Crippen molar-refractivity contribution in [3.05, 3.63) is 94.0 Å². The molecule has 3 aromatic rings. The molecule has 0 radical (unpaired) electrons. The first kappa shape index (κ1) is 21.7. The lowest BCUT2D eigenvalue weighted by Crippen LogP contribution is -2.54. The predicted octanol–water partition coefficient (Wildman–Crippen LogP) is 4.12. The molecular weight excluding hydrogens is 460 g/mol. The zero-order valence-corrected chi connectivity index (χ0v) is 19.7. The molecule has 1 saturated heterocycles. The van der Waals surface area contributed by atoms with Gasteiger partial charge in [-0.25, -0.2) is 8.42 Å². The molecule has 6 nitrogen and oxygen atoms in total. The molecule has 0 N–H and O–H groups in total. The van der Waals surface area contributed by atoms with Gasteiger partial charge >= 0.3 is 0 Å². The van der Waals surface area contributed by atoms with Crippen molar-refractivity contribution in [3.8, 4) is 0 Å². The first-order valence-corrected chi connectivity index (χ1v) is 12.5. The lowest BCUT2D eigenvalue weighted by Gasteiger charge is -2.33. The molecule has 0 bridgehead atoms. The second kappa shape index (κ2) is 7.43. The minimum atomic E-state index is -4.19. The van der Waals surface area contributed by atoms with Gasteiger partial charge in [-0.1, -0.05) is 48.0 Å². The summed E-state index contributed by atoms with van der Waals surface area (Å²) in [4.78, 5) is 27.8. The first-order valence-electron chi connectivity index (χ1n) is 10.4. The third kappa shape index (κ3) is 3.10. The van der Waals surface area contributed by atoms with E-state index in [9.17, 15) is 18.0 Å². The number of hydrogen-bond donors (Lipinski definition) is 0. The minimum absolute atomic E-state index is 0.152. The summed E-state index contributed by atoms with van der Waals surface area (Å²) in [5, 5.41) is 0.563. The highest BCUT2D eigenvalue weighted by Crippen LogP contribution is 2.52. The van der Waals surface area contributed by atoms with Crippen LogP contribution in [0.15, 0.2) is 66.7 Å². The van der Waals surface area contributed by atoms with E-state index in [1.54, 1.807) is 60.7 Å². The fraction of sp³-hybridized carbons (Fsp3) is 0.200. The van der Waals surface area contributed by atoms with Gasteiger partial charge in [0.15, 0.2) is 9.84 Å². The van der Waals surface area contributed by atoms with E-state index in [0.29, 0.717) is 22.0 Å². The number of anilines is 2. The molecule has 5 rings (SSSR count). The fourth-order valence-electron chi connectivity index (χ4n) is 4.90. The van der Waals surface area contributed by atoms with Crippen molar-refractivity contribution in [1.29, 1.82) is 0 Å². The van der Waals surface area contributed by atoms with Crippen LogP contribution in [0.3, 0.4) is 0 Å². The van der Waals surface area contributed by atoms with Crippen molar-refractivity contribution >= 4 is 44.6 Å². The van der Waals surface area contributed by atoms with Crippen LogP contribution in [0, 0.1) is 13.8 Å². The number of para-hydroxylation sites is 1. The first-order chi connectivity index (χ1) is 15.6. The number of sulfone groups is 1. The lowest BCUT2D eigenvalue weighted by molar-refractivity contribution is -0.123. The molecule has 33 heavy (non-hydrogen) atoms. The topological polar surface area (TPSA) is 74.8 Å². The van der Waals surface area contributed by atoms with Crippen LogP contribution in [0.2, 0.25) is 5.02 Å². The highest BCUT2D eigenvalue weighted by atomic mass is 35.5. The average Bonchev–Trinajstić information content (AvgIpc) is 3.12. The molecule has 2 amide bonds. The van der Waals surface area contributed by atoms with Gasteiger partial charge in [-0.15, -0.1) is 0 Å². The van der Waals surface area contributed by atoms with E-state index in [0.717, 1.165) is 16.7 Å². The van der Waals surface area contributed by atoms with Crippen LogP contribution >= 0.6 is 11.6 Å². The maximum absolute atomic E-state index is 14.1. The molecule has 1 atom stereocenters. The van der Waals surface area contributed by atoms with Crippen LogP contribution in [0.5, 0.6) is 0 Å². The van der Waals surface area contributed by atoms with Crippen molar-refractivity contribution < 1.29 is 18.0 Å². The number of benzene rings is 3. The van der Waals surface area contributed by atoms with E-state index in [1.807, 2.05) is 19.9 Å². The minimum Gasteiger partial charge on any atom is -0.304 e. The molecule has 0 aliphatic carbocycles. The van der Waals surface area contributed by atoms with Gasteiger partial charge in [0, 0.05) is 16.3 Å². The Hall–Kier alpha value is -3.16. The van der Waals surface area contributed by atoms with Crippen LogP contribution in [-0.2, 0) is 30.8 Å². The van der Waals surface area contributed by atoms with Crippen LogP contribution in [-0.4, -0.2) is 26.0 Å². The monoisotopic (exact) mass is 480 g/mol. The van der Waals surface area contributed by atoms with Gasteiger partial charge in [0.05, 0.1) is 12.2 Å². The van der Waals surface area contributed by atoms with E-state index in [-0.39, 0.29) is 6.54 Å². The van der Waals surface area contributed by atoms with Crippen molar-refractivity contribution in [2.75, 3.05) is 15.6 Å². The van der Waals surface area contributed by atoms with Gasteiger partial charge < -0.3 is 4.90 Å². The smallest absolute Gasteiger partial charge is 0.274 e. The fourth-order valence-corrected chi connectivity index (χ4v) is 7.06. The van der Waals surface area contributed by atoms with E-state index in [1.165, 1.54) is 9.80 Å². The van der Waals surface area contributed by atoms with Gasteiger partial charge in [-0.2, -0.15) is 0 Å². The maximum Gasteiger partial charge on any atom is 0.274 e. The van der Waals surface area contributed by atoms with Gasteiger partial charge in [0.25, 0.3) is 10.8 Å². The van der Waals surface area contributed by atoms with Crippen molar-refractivity contribution in [1.82, 2.24) is 0 Å². The summed E-state index contributed by atoms with van der Waals surface area (Å²) in [5.74, 6) is -1.99. The second-order valence-corrected chi connectivity index (χ2v) is 11.1. The van der Waals surface area contributed by atoms with Crippen LogP contribution < -0.4 is 9.80 Å². The molecule has 2 aliphatic heterocycles. The standard InChI is InChI=1S/C25H21ClN2O4S/c1-16-11-17(2)13-20(12-16)28-23(29)15-33(31,32)25(28)21-5-3-4-6-22(21)27(24(25)30)14-18-7-9-19(26)10-8-18/h3-13H,14-15H2,1-2H3/t25-/m1/s1. The van der Waals surface area contributed by atoms with Gasteiger partial charge in [0.2, 0.25) is 5.91 Å². The zero-order valence-electron chi connectivity index (χ0n) is 18.1. The summed E-state index contributed by atoms with van der Waals surface area (Å²) in [6.07, 6.45) is 0. The number of fused-ring (bicyclic) bond motifs is 2. The molecule has 8 heteroatoms. The van der Waals surface area contributed by atoms with Crippen LogP contribution in [0.4, 0.5) is 11.4 Å². The Morgan fingerprint density at radius 1 is 0.939 bits per heavy atom. The Labute approximate surface area is 197 Å². The number of hydrogen-bond acceptors (Lipinski definition) is 4. The van der Waals surface area contributed by atoms with Gasteiger partial charge in [0.1, 0.15) is 5.75 Å². The molecule has 0 saturated carbocycles. The molecule has 1 spiro atoms. The highest BCUT2D eigenvalue weighted by molar-refractivity contribution is 7.94. The Balaban J connectivity index is 1.74. The summed E-state index contributed by atoms with van der Waals surface area (Å²) in [7, 11) is -4.19. The van der Waals surface area contributed by atoms with Crippen molar-refractivity contribution in [2.45, 2.75) is 25.3 Å². The van der Waals surface area contributed by atoms with Crippen LogP contribution in [0.1, 0.15) is 22.3 Å². The number of nitrogens with zero attached hydrogens (tertiary/aromatic N) is 2. The lowest BCUT2D eigenvalue weighted by atomic mass is 10.0. The molecule has 3 aromatic carbocycles. The van der Waals surface area contributed by atoms with E-state index in [4.69, 9.17) is 11.6 Å². The molecule has 168 valence electrons. The highest BCUT2D eigenvalue weighted by Gasteiger charge is 2.69. The average molecular weight is 481 g/mol. The van der Waals surface area contributed by atoms with E-state index in [2.05, 4.69) is 0 Å². The van der Waals surface area contributed by atoms with E-state index >= 15 is 0 Å². The molecule has 2 aliphatic rings. The third-order valence-electron chi connectivity index (χ3n) is 6.14. The summed E-state index contributed by atoms with van der Waals surface area (Å²) in [6, 6.07) is 19.2. The second-order valence-electron chi connectivity index (χ2n) is 8.51. The van der Waals surface area contributed by atoms with E-state index < -0.39 is 32.3 Å². The van der Waals surface area contributed by atoms with Crippen molar-refractivity contribution in [2.24, 2.45) is 0 Å². The zero-order chi connectivity index (χ0) is 23.5. The summed E-state index contributed by atoms with van der Waals surface area (Å²) in [6.45, 7) is 3.89. The molecular formula is C25H21ClN2O4S.